The molecule has 2 nitrogen and oxygen atoms in total. The first-order chi connectivity index (χ1) is 9.64. The zero-order chi connectivity index (χ0) is 15.9. The van der Waals surface area contributed by atoms with Gasteiger partial charge in [-0.05, 0) is 12.5 Å². The molecule has 0 bridgehead atoms. The quantitative estimate of drug-likeness (QED) is 0.448. The molecule has 2 rings (SSSR count). The minimum Gasteiger partial charge on any atom is -0.207 e. The number of rotatable bonds is 2. The Kier molecular flexibility index (Phi) is 5.53. The Morgan fingerprint density at radius 3 is 1.64 bits per heavy atom. The molecule has 0 aliphatic carbocycles. The Bertz CT molecular complexity index is 792. The van der Waals surface area contributed by atoms with Crippen molar-refractivity contribution in [2.24, 2.45) is 0 Å². The van der Waals surface area contributed by atoms with Crippen molar-refractivity contribution < 1.29 is 26.0 Å². The monoisotopic (exact) mass is 372 g/mol. The van der Waals surface area contributed by atoms with E-state index in [0.717, 1.165) is 5.56 Å². The van der Waals surface area contributed by atoms with Gasteiger partial charge in [-0.3, -0.25) is 0 Å². The molecular formula is C13H9ClF4O2S2. The molecule has 0 amide bonds. The number of hydrogen-bond donors (Lipinski definition) is 0. The summed E-state index contributed by atoms with van der Waals surface area (Å²) in [6.07, 6.45) is 0. The minimum absolute atomic E-state index is 0. The number of aryl methyl sites for hydroxylation is 1. The number of hydrogen-bond acceptors (Lipinski definition) is 2. The zero-order valence-corrected chi connectivity index (χ0v) is 13.5. The highest BCUT2D eigenvalue weighted by molar-refractivity contribution is 8.13. The molecule has 0 unspecified atom stereocenters. The maximum absolute atomic E-state index is 13.9. The Labute approximate surface area is 135 Å². The van der Waals surface area contributed by atoms with Crippen molar-refractivity contribution in [3.8, 4) is 11.1 Å². The van der Waals surface area contributed by atoms with E-state index < -0.39 is 42.8 Å². The van der Waals surface area contributed by atoms with Crippen LogP contribution in [0.25, 0.3) is 11.1 Å². The summed E-state index contributed by atoms with van der Waals surface area (Å²) < 4.78 is 77.3. The largest absolute Gasteiger partial charge is 0.267 e. The smallest absolute Gasteiger partial charge is 0.207 e. The van der Waals surface area contributed by atoms with Crippen LogP contribution in [0.3, 0.4) is 0 Å². The van der Waals surface area contributed by atoms with Gasteiger partial charge in [-0.2, -0.15) is 13.5 Å². The Balaban J connectivity index is 0.00000242. The van der Waals surface area contributed by atoms with Crippen LogP contribution < -0.4 is 0 Å². The highest BCUT2D eigenvalue weighted by Crippen LogP contribution is 2.35. The van der Waals surface area contributed by atoms with Crippen molar-refractivity contribution in [3.63, 3.8) is 0 Å². The summed E-state index contributed by atoms with van der Waals surface area (Å²) >= 11 is 0. The van der Waals surface area contributed by atoms with E-state index in [0.29, 0.717) is 0 Å². The second-order valence-electron chi connectivity index (χ2n) is 4.26. The molecule has 120 valence electrons. The van der Waals surface area contributed by atoms with Gasteiger partial charge in [0.15, 0.2) is 28.2 Å². The first-order valence-electron chi connectivity index (χ1n) is 5.52. The molecule has 0 atom stereocenters. The molecule has 0 radical (unpaired) electrons. The van der Waals surface area contributed by atoms with Crippen LogP contribution in [0.2, 0.25) is 0 Å². The highest BCUT2D eigenvalue weighted by atomic mass is 35.7. The second-order valence-corrected chi connectivity index (χ2v) is 6.77. The van der Waals surface area contributed by atoms with Gasteiger partial charge in [0.05, 0.1) is 5.56 Å². The lowest BCUT2D eigenvalue weighted by Gasteiger charge is -2.10. The molecule has 0 heterocycles. The summed E-state index contributed by atoms with van der Waals surface area (Å²) in [6, 6.07) is 5.47. The van der Waals surface area contributed by atoms with Gasteiger partial charge in [0.25, 0.3) is 9.05 Å². The molecule has 0 N–H and O–H groups in total. The second kappa shape index (κ2) is 6.47. The number of benzene rings is 2. The van der Waals surface area contributed by atoms with Crippen molar-refractivity contribution in [1.82, 2.24) is 0 Å². The van der Waals surface area contributed by atoms with Gasteiger partial charge < -0.3 is 0 Å². The predicted molar refractivity (Wildman–Crippen MR) is 79.9 cm³/mol. The first kappa shape index (κ1) is 18.8. The Morgan fingerprint density at radius 1 is 0.864 bits per heavy atom. The number of halogens is 5. The van der Waals surface area contributed by atoms with Crippen molar-refractivity contribution in [2.45, 2.75) is 11.8 Å². The Morgan fingerprint density at radius 2 is 1.27 bits per heavy atom. The van der Waals surface area contributed by atoms with Crippen molar-refractivity contribution in [3.05, 3.63) is 53.1 Å². The first-order valence-corrected chi connectivity index (χ1v) is 7.83. The molecular weight excluding hydrogens is 364 g/mol. The molecule has 0 fully saturated rings. The van der Waals surface area contributed by atoms with Crippen molar-refractivity contribution in [1.29, 1.82) is 0 Å². The molecule has 0 spiro atoms. The van der Waals surface area contributed by atoms with Gasteiger partial charge >= 0.3 is 0 Å². The molecule has 0 aliphatic heterocycles. The normalized spacial score (nSPS) is 11.2. The Hall–Kier alpha value is -1.25. The van der Waals surface area contributed by atoms with E-state index in [2.05, 4.69) is 0 Å². The summed E-state index contributed by atoms with van der Waals surface area (Å²) in [4.78, 5) is -1.84. The average Bonchev–Trinajstić information content (AvgIpc) is 2.37. The van der Waals surface area contributed by atoms with E-state index in [1.54, 1.807) is 6.92 Å². The lowest BCUT2D eigenvalue weighted by Crippen LogP contribution is -2.08. The highest BCUT2D eigenvalue weighted by Gasteiger charge is 2.32. The third-order valence-electron chi connectivity index (χ3n) is 2.81. The van der Waals surface area contributed by atoms with Crippen LogP contribution in [0.5, 0.6) is 0 Å². The fraction of sp³-hybridized carbons (Fsp3) is 0.0769. The summed E-state index contributed by atoms with van der Waals surface area (Å²) in [5, 5.41) is 0. The van der Waals surface area contributed by atoms with Crippen LogP contribution >= 0.6 is 24.2 Å². The van der Waals surface area contributed by atoms with Crippen LogP contribution in [-0.4, -0.2) is 8.42 Å². The van der Waals surface area contributed by atoms with Crippen molar-refractivity contribution >= 4 is 33.2 Å². The van der Waals surface area contributed by atoms with Gasteiger partial charge in [-0.15, -0.1) is 0 Å². The summed E-state index contributed by atoms with van der Waals surface area (Å²) in [5.74, 6) is -7.76. The van der Waals surface area contributed by atoms with Gasteiger partial charge in [0.1, 0.15) is 0 Å². The maximum Gasteiger partial charge on any atom is 0.267 e. The molecule has 22 heavy (non-hydrogen) atoms. The molecule has 0 aliphatic rings. The molecule has 0 saturated heterocycles. The molecule has 9 heteroatoms. The molecule has 2 aromatic rings. The van der Waals surface area contributed by atoms with Gasteiger partial charge in [0.2, 0.25) is 0 Å². The van der Waals surface area contributed by atoms with Gasteiger partial charge in [-0.25, -0.2) is 26.0 Å². The SMILES string of the molecule is Cc1ccc(-c2c(F)c(F)c(S(=O)(=O)Cl)c(F)c2F)cc1.S. The lowest BCUT2D eigenvalue weighted by molar-refractivity contribution is 0.424. The lowest BCUT2D eigenvalue weighted by atomic mass is 10.0. The maximum atomic E-state index is 13.9. The molecule has 0 saturated carbocycles. The van der Waals surface area contributed by atoms with E-state index in [-0.39, 0.29) is 19.1 Å². The summed E-state index contributed by atoms with van der Waals surface area (Å²) in [5.41, 5.74) is -0.360. The van der Waals surface area contributed by atoms with Crippen molar-refractivity contribution in [2.75, 3.05) is 0 Å². The van der Waals surface area contributed by atoms with E-state index in [4.69, 9.17) is 10.7 Å². The zero-order valence-electron chi connectivity index (χ0n) is 10.9. The predicted octanol–water partition coefficient (Wildman–Crippen LogP) is 4.26. The van der Waals surface area contributed by atoms with Crippen LogP contribution in [0.4, 0.5) is 17.6 Å². The van der Waals surface area contributed by atoms with Crippen LogP contribution in [0, 0.1) is 30.2 Å². The van der Waals surface area contributed by atoms with E-state index >= 15 is 0 Å². The van der Waals surface area contributed by atoms with Crippen LogP contribution in [0.1, 0.15) is 5.56 Å². The topological polar surface area (TPSA) is 34.1 Å². The fourth-order valence-electron chi connectivity index (χ4n) is 1.80. The fourth-order valence-corrected chi connectivity index (χ4v) is 2.81. The van der Waals surface area contributed by atoms with Crippen LogP contribution in [0.15, 0.2) is 29.2 Å². The van der Waals surface area contributed by atoms with E-state index in [1.165, 1.54) is 24.3 Å². The average molecular weight is 373 g/mol. The summed E-state index contributed by atoms with van der Waals surface area (Å²) in [6.45, 7) is 1.71. The van der Waals surface area contributed by atoms with E-state index in [9.17, 15) is 26.0 Å². The van der Waals surface area contributed by atoms with Crippen LogP contribution in [-0.2, 0) is 9.05 Å². The third kappa shape index (κ3) is 3.23. The minimum atomic E-state index is -4.97. The molecule has 0 aromatic heterocycles. The molecule has 2 aromatic carbocycles. The summed E-state index contributed by atoms with van der Waals surface area (Å²) in [7, 11) is -0.182. The third-order valence-corrected chi connectivity index (χ3v) is 4.12. The van der Waals surface area contributed by atoms with E-state index in [1.807, 2.05) is 0 Å². The van der Waals surface area contributed by atoms with Gasteiger partial charge in [-0.1, -0.05) is 29.8 Å². The standard InChI is InChI=1S/C13H7ClF4O2S.H2S/c1-6-2-4-7(5-3-6)8-9(15)11(17)13(21(14,19)20)12(18)10(8)16;/h2-5H,1H3;1H2. The van der Waals surface area contributed by atoms with Gasteiger partial charge in [0, 0.05) is 10.7 Å².